The normalized spacial score (nSPS) is 12.6. The molecule has 0 aromatic rings. The largest absolute Gasteiger partial charge is 0.462 e. The van der Waals surface area contributed by atoms with Gasteiger partial charge in [0.25, 0.3) is 0 Å². The quantitative estimate of drug-likeness (QED) is 0.0373. The number of esters is 2. The molecule has 78 heavy (non-hydrogen) atoms. The number of carbonyl (C=O) groups is 2. The van der Waals surface area contributed by atoms with Gasteiger partial charge in [-0.2, -0.15) is 0 Å². The van der Waals surface area contributed by atoms with Crippen molar-refractivity contribution in [1.29, 1.82) is 0 Å². The Balaban J connectivity index is 3.39. The van der Waals surface area contributed by atoms with Crippen molar-refractivity contribution in [2.75, 3.05) is 13.2 Å². The minimum Gasteiger partial charge on any atom is -0.462 e. The number of unbranched alkanes of at least 4 members (excludes halogenated alkanes) is 44. The molecule has 0 saturated carbocycles. The lowest BCUT2D eigenvalue weighted by molar-refractivity contribution is -0.161. The second kappa shape index (κ2) is 68.6. The SMILES string of the molecule is CC/C=C\C/C=C\C/C=C\C/C=C\CCCCCCCCCCCCCCCCCCCCCCCCCCCCC(=O)OC(CO)COC(=O)CCCCCCCCCCCCCCC/C=C\C/C=C\CCCCCCC. The molecule has 5 nitrogen and oxygen atoms in total. The lowest BCUT2D eigenvalue weighted by atomic mass is 10.0. The van der Waals surface area contributed by atoms with Gasteiger partial charge in [-0.25, -0.2) is 0 Å². The summed E-state index contributed by atoms with van der Waals surface area (Å²) in [7, 11) is 0. The summed E-state index contributed by atoms with van der Waals surface area (Å²) >= 11 is 0. The summed E-state index contributed by atoms with van der Waals surface area (Å²) < 4.78 is 10.8. The molecule has 0 amide bonds. The van der Waals surface area contributed by atoms with E-state index in [1.165, 1.54) is 263 Å². The standard InChI is InChI=1S/C73H132O5/c1-3-5-7-9-11-13-15-17-19-21-23-25-27-29-30-31-32-33-34-35-36-37-38-39-40-41-42-44-46-48-50-52-54-56-58-60-62-64-66-68-73(76)78-71(69-74)70-77-72(75)67-65-63-61-59-57-55-53-51-49-47-45-43-28-26-24-22-20-18-16-14-12-10-8-6-4-2/h5,7,11,13,16-19,22-25,71,74H,3-4,6,8-10,12,14-15,20-21,26-70H2,1-2H3/b7-5-,13-11-,18-16-,19-17-,24-22-,25-23-. The first-order valence-electron chi connectivity index (χ1n) is 34.5. The van der Waals surface area contributed by atoms with E-state index in [4.69, 9.17) is 9.47 Å². The van der Waals surface area contributed by atoms with Crippen LogP contribution in [-0.4, -0.2) is 36.4 Å². The topological polar surface area (TPSA) is 72.8 Å². The Labute approximate surface area is 486 Å². The maximum absolute atomic E-state index is 12.4. The lowest BCUT2D eigenvalue weighted by Crippen LogP contribution is -2.28. The number of aliphatic hydroxyl groups is 1. The molecule has 0 fully saturated rings. The van der Waals surface area contributed by atoms with Crippen molar-refractivity contribution in [2.45, 2.75) is 367 Å². The number of aliphatic hydroxyl groups excluding tert-OH is 1. The number of hydrogen-bond donors (Lipinski definition) is 1. The zero-order valence-corrected chi connectivity index (χ0v) is 52.2. The van der Waals surface area contributed by atoms with Gasteiger partial charge < -0.3 is 14.6 Å². The maximum Gasteiger partial charge on any atom is 0.306 e. The molecule has 0 saturated heterocycles. The van der Waals surface area contributed by atoms with Crippen molar-refractivity contribution < 1.29 is 24.2 Å². The summed E-state index contributed by atoms with van der Waals surface area (Å²) in [6.07, 6.45) is 95.1. The van der Waals surface area contributed by atoms with Gasteiger partial charge in [0, 0.05) is 12.8 Å². The lowest BCUT2D eigenvalue weighted by Gasteiger charge is -2.15. The van der Waals surface area contributed by atoms with Crippen molar-refractivity contribution >= 4 is 11.9 Å². The molecule has 0 bridgehead atoms. The van der Waals surface area contributed by atoms with Crippen LogP contribution in [0.5, 0.6) is 0 Å². The summed E-state index contributed by atoms with van der Waals surface area (Å²) in [5.74, 6) is -0.573. The number of ether oxygens (including phenoxy) is 2. The molecule has 0 aliphatic heterocycles. The van der Waals surface area contributed by atoms with Gasteiger partial charge in [-0.05, 0) is 83.5 Å². The Morgan fingerprint density at radius 1 is 0.308 bits per heavy atom. The van der Waals surface area contributed by atoms with Gasteiger partial charge >= 0.3 is 11.9 Å². The van der Waals surface area contributed by atoms with Gasteiger partial charge in [-0.15, -0.1) is 0 Å². The molecule has 5 heteroatoms. The van der Waals surface area contributed by atoms with Crippen LogP contribution in [-0.2, 0) is 19.1 Å². The first kappa shape index (κ1) is 75.3. The summed E-state index contributed by atoms with van der Waals surface area (Å²) in [6, 6.07) is 0. The first-order chi connectivity index (χ1) is 38.6. The maximum atomic E-state index is 12.4. The summed E-state index contributed by atoms with van der Waals surface area (Å²) in [5.41, 5.74) is 0. The summed E-state index contributed by atoms with van der Waals surface area (Å²) in [6.45, 7) is 4.06. The molecule has 1 N–H and O–H groups in total. The van der Waals surface area contributed by atoms with E-state index in [2.05, 4.69) is 86.8 Å². The van der Waals surface area contributed by atoms with Crippen LogP contribution < -0.4 is 0 Å². The molecule has 1 atom stereocenters. The minimum absolute atomic E-state index is 0.0627. The molecule has 0 heterocycles. The molecule has 0 rings (SSSR count). The van der Waals surface area contributed by atoms with E-state index < -0.39 is 6.10 Å². The van der Waals surface area contributed by atoms with Gasteiger partial charge in [0.1, 0.15) is 6.61 Å². The van der Waals surface area contributed by atoms with Crippen molar-refractivity contribution in [3.8, 4) is 0 Å². The van der Waals surface area contributed by atoms with Gasteiger partial charge in [0.05, 0.1) is 6.61 Å². The third-order valence-electron chi connectivity index (χ3n) is 15.5. The molecule has 0 aliphatic rings. The fourth-order valence-corrected chi connectivity index (χ4v) is 10.3. The Kier molecular flexibility index (Phi) is 66.3. The van der Waals surface area contributed by atoms with Crippen LogP contribution in [0.15, 0.2) is 72.9 Å². The molecule has 0 aliphatic carbocycles. The van der Waals surface area contributed by atoms with Gasteiger partial charge in [-0.1, -0.05) is 337 Å². The fourth-order valence-electron chi connectivity index (χ4n) is 10.3. The van der Waals surface area contributed by atoms with Crippen LogP contribution in [0, 0.1) is 0 Å². The molecule has 0 spiro atoms. The molecule has 0 aromatic heterocycles. The van der Waals surface area contributed by atoms with E-state index in [1.807, 2.05) is 0 Å². The molecule has 0 aromatic carbocycles. The molecular formula is C73H132O5. The van der Waals surface area contributed by atoms with Crippen molar-refractivity contribution in [3.63, 3.8) is 0 Å². The Morgan fingerprint density at radius 2 is 0.551 bits per heavy atom. The number of allylic oxidation sites excluding steroid dienone is 12. The average Bonchev–Trinajstić information content (AvgIpc) is 3.44. The summed E-state index contributed by atoms with van der Waals surface area (Å²) in [5, 5.41) is 9.70. The molecule has 0 radical (unpaired) electrons. The molecule has 1 unspecified atom stereocenters. The summed E-state index contributed by atoms with van der Waals surface area (Å²) in [4.78, 5) is 24.6. The van der Waals surface area contributed by atoms with Crippen molar-refractivity contribution in [3.05, 3.63) is 72.9 Å². The van der Waals surface area contributed by atoms with Crippen LogP contribution >= 0.6 is 0 Å². The van der Waals surface area contributed by atoms with E-state index in [1.54, 1.807) is 0 Å². The predicted octanol–water partition coefficient (Wildman–Crippen LogP) is 23.9. The van der Waals surface area contributed by atoms with Crippen molar-refractivity contribution in [1.82, 2.24) is 0 Å². The minimum atomic E-state index is -0.773. The zero-order chi connectivity index (χ0) is 56.2. The molecule has 454 valence electrons. The van der Waals surface area contributed by atoms with E-state index in [0.29, 0.717) is 12.8 Å². The number of rotatable bonds is 64. The highest BCUT2D eigenvalue weighted by molar-refractivity contribution is 5.70. The smallest absolute Gasteiger partial charge is 0.306 e. The van der Waals surface area contributed by atoms with Crippen LogP contribution in [0.4, 0.5) is 0 Å². The van der Waals surface area contributed by atoms with Crippen LogP contribution in [0.2, 0.25) is 0 Å². The van der Waals surface area contributed by atoms with E-state index >= 15 is 0 Å². The van der Waals surface area contributed by atoms with Gasteiger partial charge in [0.15, 0.2) is 6.10 Å². The van der Waals surface area contributed by atoms with E-state index in [9.17, 15) is 14.7 Å². The highest BCUT2D eigenvalue weighted by Gasteiger charge is 2.16. The third-order valence-corrected chi connectivity index (χ3v) is 15.5. The van der Waals surface area contributed by atoms with Crippen LogP contribution in [0.1, 0.15) is 361 Å². The number of hydrogen-bond acceptors (Lipinski definition) is 5. The van der Waals surface area contributed by atoms with E-state index in [0.717, 1.165) is 70.6 Å². The zero-order valence-electron chi connectivity index (χ0n) is 52.2. The van der Waals surface area contributed by atoms with Gasteiger partial charge in [-0.3, -0.25) is 9.59 Å². The second-order valence-electron chi connectivity index (χ2n) is 23.2. The molecular weight excluding hydrogens is 957 g/mol. The average molecular weight is 1090 g/mol. The fraction of sp³-hybridized carbons (Fsp3) is 0.808. The highest BCUT2D eigenvalue weighted by atomic mass is 16.6. The van der Waals surface area contributed by atoms with Crippen molar-refractivity contribution in [2.24, 2.45) is 0 Å². The van der Waals surface area contributed by atoms with Crippen LogP contribution in [0.3, 0.4) is 0 Å². The Hall–Kier alpha value is -2.66. The monoisotopic (exact) mass is 1090 g/mol. The van der Waals surface area contributed by atoms with Crippen LogP contribution in [0.25, 0.3) is 0 Å². The highest BCUT2D eigenvalue weighted by Crippen LogP contribution is 2.18. The van der Waals surface area contributed by atoms with Gasteiger partial charge in [0.2, 0.25) is 0 Å². The second-order valence-corrected chi connectivity index (χ2v) is 23.2. The predicted molar refractivity (Wildman–Crippen MR) is 343 cm³/mol. The van der Waals surface area contributed by atoms with E-state index in [-0.39, 0.29) is 25.2 Å². The first-order valence-corrected chi connectivity index (χ1v) is 34.5. The third kappa shape index (κ3) is 65.9. The number of carbonyl (C=O) groups excluding carboxylic acids is 2. The Bertz CT molecular complexity index is 1370. The Morgan fingerprint density at radius 3 is 0.833 bits per heavy atom.